The van der Waals surface area contributed by atoms with Crippen molar-refractivity contribution in [2.45, 2.75) is 20.8 Å². The van der Waals surface area contributed by atoms with Gasteiger partial charge in [-0.1, -0.05) is 54.6 Å². The van der Waals surface area contributed by atoms with Crippen molar-refractivity contribution in [2.75, 3.05) is 5.32 Å². The molecule has 154 valence electrons. The van der Waals surface area contributed by atoms with Gasteiger partial charge >= 0.3 is 0 Å². The molecule has 5 nitrogen and oxygen atoms in total. The van der Waals surface area contributed by atoms with Gasteiger partial charge in [-0.3, -0.25) is 4.79 Å². The number of carbonyl (C=O) groups is 1. The highest BCUT2D eigenvalue weighted by Gasteiger charge is 2.19. The molecule has 0 bridgehead atoms. The Kier molecular flexibility index (Phi) is 5.50. The van der Waals surface area contributed by atoms with Crippen molar-refractivity contribution in [3.05, 3.63) is 95.1 Å². The zero-order valence-corrected chi connectivity index (χ0v) is 17.7. The molecule has 1 amide bonds. The molecule has 0 heterocycles. The van der Waals surface area contributed by atoms with Gasteiger partial charge in [0.15, 0.2) is 5.75 Å². The van der Waals surface area contributed by atoms with Gasteiger partial charge in [0.25, 0.3) is 5.91 Å². The van der Waals surface area contributed by atoms with Crippen LogP contribution in [0.2, 0.25) is 0 Å². The lowest BCUT2D eigenvalue weighted by Crippen LogP contribution is -2.13. The van der Waals surface area contributed by atoms with E-state index in [-0.39, 0.29) is 17.0 Å². The van der Waals surface area contributed by atoms with E-state index in [1.165, 1.54) is 0 Å². The van der Waals surface area contributed by atoms with Gasteiger partial charge in [0.05, 0.1) is 11.3 Å². The first-order valence-electron chi connectivity index (χ1n) is 10.0. The minimum Gasteiger partial charge on any atom is -0.505 e. The Balaban J connectivity index is 1.81. The number of nitrogens with one attached hydrogen (secondary N) is 1. The molecular formula is C26H23N3O2. The van der Waals surface area contributed by atoms with E-state index in [1.807, 2.05) is 87.5 Å². The first-order chi connectivity index (χ1) is 14.9. The Morgan fingerprint density at radius 3 is 2.39 bits per heavy atom. The summed E-state index contributed by atoms with van der Waals surface area (Å²) in [6, 6.07) is 22.6. The fraction of sp³-hybridized carbons (Fsp3) is 0.115. The molecule has 0 aliphatic rings. The van der Waals surface area contributed by atoms with Crippen LogP contribution in [0.4, 0.5) is 17.1 Å². The molecule has 0 unspecified atom stereocenters. The monoisotopic (exact) mass is 409 g/mol. The smallest absolute Gasteiger partial charge is 0.259 e. The van der Waals surface area contributed by atoms with E-state index in [1.54, 1.807) is 6.07 Å². The molecule has 2 N–H and O–H groups in total. The van der Waals surface area contributed by atoms with E-state index in [9.17, 15) is 9.90 Å². The van der Waals surface area contributed by atoms with E-state index in [2.05, 4.69) is 15.5 Å². The highest BCUT2D eigenvalue weighted by atomic mass is 16.3. The molecule has 0 spiro atoms. The number of amides is 1. The van der Waals surface area contributed by atoms with Crippen LogP contribution in [0, 0.1) is 20.8 Å². The van der Waals surface area contributed by atoms with Gasteiger partial charge in [0, 0.05) is 11.1 Å². The molecule has 0 aromatic heterocycles. The number of benzene rings is 4. The number of phenolic OH excluding ortho intramolecular Hbond substituents is 1. The first kappa shape index (κ1) is 20.3. The summed E-state index contributed by atoms with van der Waals surface area (Å²) in [5.41, 5.74) is 4.82. The Morgan fingerprint density at radius 1 is 0.839 bits per heavy atom. The Labute approximate surface area is 181 Å². The molecule has 0 saturated heterocycles. The Bertz CT molecular complexity index is 1330. The summed E-state index contributed by atoms with van der Waals surface area (Å²) in [6.07, 6.45) is 0. The molecule has 0 fully saturated rings. The molecule has 0 aliphatic carbocycles. The van der Waals surface area contributed by atoms with Crippen LogP contribution in [0.15, 0.2) is 83.0 Å². The number of fused-ring (bicyclic) bond motifs is 1. The molecule has 4 aromatic rings. The van der Waals surface area contributed by atoms with Crippen molar-refractivity contribution in [1.29, 1.82) is 0 Å². The van der Waals surface area contributed by atoms with E-state index < -0.39 is 5.91 Å². The number of nitrogens with zero attached hydrogens (tertiary/aromatic N) is 2. The Morgan fingerprint density at radius 2 is 1.58 bits per heavy atom. The predicted octanol–water partition coefficient (Wildman–Crippen LogP) is 7.14. The number of rotatable bonds is 4. The third kappa shape index (κ3) is 4.16. The lowest BCUT2D eigenvalue weighted by molar-refractivity contribution is 0.102. The topological polar surface area (TPSA) is 74.0 Å². The second kappa shape index (κ2) is 8.40. The van der Waals surface area contributed by atoms with Crippen molar-refractivity contribution < 1.29 is 9.90 Å². The number of hydrogen-bond donors (Lipinski definition) is 2. The van der Waals surface area contributed by atoms with Gasteiger partial charge in [-0.2, -0.15) is 5.11 Å². The highest BCUT2D eigenvalue weighted by Crippen LogP contribution is 2.40. The van der Waals surface area contributed by atoms with Crippen molar-refractivity contribution in [1.82, 2.24) is 0 Å². The van der Waals surface area contributed by atoms with Crippen molar-refractivity contribution in [3.63, 3.8) is 0 Å². The third-order valence-electron chi connectivity index (χ3n) is 5.26. The van der Waals surface area contributed by atoms with Gasteiger partial charge in [0.1, 0.15) is 5.69 Å². The van der Waals surface area contributed by atoms with Gasteiger partial charge in [0.2, 0.25) is 0 Å². The van der Waals surface area contributed by atoms with Gasteiger partial charge < -0.3 is 10.4 Å². The summed E-state index contributed by atoms with van der Waals surface area (Å²) >= 11 is 0. The zero-order chi connectivity index (χ0) is 22.0. The fourth-order valence-corrected chi connectivity index (χ4v) is 3.43. The summed E-state index contributed by atoms with van der Waals surface area (Å²) in [7, 11) is 0. The number of para-hydroxylation sites is 1. The number of hydrogen-bond acceptors (Lipinski definition) is 4. The zero-order valence-electron chi connectivity index (χ0n) is 17.7. The lowest BCUT2D eigenvalue weighted by atomic mass is 10.0. The molecule has 31 heavy (non-hydrogen) atoms. The van der Waals surface area contributed by atoms with Gasteiger partial charge in [-0.15, -0.1) is 5.11 Å². The second-order valence-corrected chi connectivity index (χ2v) is 7.60. The molecule has 0 atom stereocenters. The van der Waals surface area contributed by atoms with Crippen LogP contribution in [0.5, 0.6) is 5.75 Å². The van der Waals surface area contributed by atoms with E-state index in [0.717, 1.165) is 33.2 Å². The molecule has 0 radical (unpaired) electrons. The first-order valence-corrected chi connectivity index (χ1v) is 10.0. The van der Waals surface area contributed by atoms with Crippen LogP contribution in [0.1, 0.15) is 27.0 Å². The summed E-state index contributed by atoms with van der Waals surface area (Å²) in [5.74, 6) is -0.598. The van der Waals surface area contributed by atoms with Crippen molar-refractivity contribution in [3.8, 4) is 5.75 Å². The molecule has 0 aliphatic heterocycles. The van der Waals surface area contributed by atoms with Gasteiger partial charge in [-0.25, -0.2) is 0 Å². The summed E-state index contributed by atoms with van der Waals surface area (Å²) in [6.45, 7) is 5.86. The summed E-state index contributed by atoms with van der Waals surface area (Å²) in [4.78, 5) is 13.0. The lowest BCUT2D eigenvalue weighted by Gasteiger charge is -2.12. The molecule has 0 saturated carbocycles. The number of phenols is 1. The third-order valence-corrected chi connectivity index (χ3v) is 5.26. The van der Waals surface area contributed by atoms with Crippen LogP contribution in [0.25, 0.3) is 10.8 Å². The summed E-state index contributed by atoms with van der Waals surface area (Å²) < 4.78 is 0. The fourth-order valence-electron chi connectivity index (χ4n) is 3.43. The maximum atomic E-state index is 13.0. The number of carbonyl (C=O) groups excluding carboxylic acids is 1. The number of aromatic hydroxyl groups is 1. The van der Waals surface area contributed by atoms with Crippen LogP contribution >= 0.6 is 0 Å². The highest BCUT2D eigenvalue weighted by molar-refractivity contribution is 6.11. The maximum absolute atomic E-state index is 13.0. The summed E-state index contributed by atoms with van der Waals surface area (Å²) in [5, 5.41) is 24.1. The number of anilines is 1. The van der Waals surface area contributed by atoms with Crippen molar-refractivity contribution >= 4 is 33.7 Å². The number of azo groups is 1. The van der Waals surface area contributed by atoms with E-state index in [4.69, 9.17) is 0 Å². The van der Waals surface area contributed by atoms with Crippen LogP contribution in [0.3, 0.4) is 0 Å². The standard InChI is InChI=1S/C26H23N3O2/c1-16-12-13-18(3)23(14-16)28-29-24-20-10-6-5-9-19(20)15-21(25(24)30)26(31)27-22-11-7-4-8-17(22)2/h4-15,30H,1-3H3,(H,27,31). The minimum atomic E-state index is -0.402. The molecule has 4 rings (SSSR count). The average Bonchev–Trinajstić information content (AvgIpc) is 2.76. The van der Waals surface area contributed by atoms with Crippen LogP contribution in [-0.4, -0.2) is 11.0 Å². The average molecular weight is 409 g/mol. The van der Waals surface area contributed by atoms with Crippen LogP contribution in [-0.2, 0) is 0 Å². The molecule has 4 aromatic carbocycles. The van der Waals surface area contributed by atoms with Crippen LogP contribution < -0.4 is 5.32 Å². The Hall–Kier alpha value is -3.99. The molecule has 5 heteroatoms. The van der Waals surface area contributed by atoms with E-state index in [0.29, 0.717) is 5.69 Å². The maximum Gasteiger partial charge on any atom is 0.259 e. The molecular weight excluding hydrogens is 386 g/mol. The SMILES string of the molecule is Cc1ccc(C)c(N=Nc2c(O)c(C(=O)Nc3ccccc3C)cc3ccccc23)c1. The quantitative estimate of drug-likeness (QED) is 0.352. The normalized spacial score (nSPS) is 11.2. The van der Waals surface area contributed by atoms with Crippen molar-refractivity contribution in [2.24, 2.45) is 10.2 Å². The minimum absolute atomic E-state index is 0.150. The van der Waals surface area contributed by atoms with Gasteiger partial charge in [-0.05, 0) is 61.0 Å². The van der Waals surface area contributed by atoms with E-state index >= 15 is 0 Å². The predicted molar refractivity (Wildman–Crippen MR) is 125 cm³/mol. The largest absolute Gasteiger partial charge is 0.505 e. The second-order valence-electron chi connectivity index (χ2n) is 7.60. The number of aryl methyl sites for hydroxylation is 3.